The molecule has 2 aromatic carbocycles. The lowest BCUT2D eigenvalue weighted by Gasteiger charge is -2.21. The number of halogens is 1. The van der Waals surface area contributed by atoms with E-state index in [4.69, 9.17) is 0 Å². The summed E-state index contributed by atoms with van der Waals surface area (Å²) >= 11 is 0. The Hall–Kier alpha value is -1.83. The summed E-state index contributed by atoms with van der Waals surface area (Å²) in [7, 11) is 0. The van der Waals surface area contributed by atoms with Crippen LogP contribution in [-0.2, 0) is 11.3 Å². The molecule has 0 fully saturated rings. The zero-order valence-electron chi connectivity index (χ0n) is 15.9. The fourth-order valence-electron chi connectivity index (χ4n) is 2.56. The van der Waals surface area contributed by atoms with Gasteiger partial charge in [-0.25, -0.2) is 4.99 Å². The largest absolute Gasteiger partial charge is 0.357 e. The second kappa shape index (κ2) is 10.4. The molecule has 0 aliphatic carbocycles. The SMILES string of the molecule is CCNC(=NCc1cccc2ccccc12)NCC(=O)NC(C)(C)C.I. The minimum Gasteiger partial charge on any atom is -0.357 e. The lowest BCUT2D eigenvalue weighted by atomic mass is 10.1. The molecule has 0 saturated carbocycles. The molecule has 0 saturated heterocycles. The van der Waals surface area contributed by atoms with Gasteiger partial charge >= 0.3 is 0 Å². The third kappa shape index (κ3) is 7.19. The van der Waals surface area contributed by atoms with Gasteiger partial charge < -0.3 is 16.0 Å². The molecule has 0 bridgehead atoms. The Morgan fingerprint density at radius 1 is 1.04 bits per heavy atom. The van der Waals surface area contributed by atoms with E-state index in [0.717, 1.165) is 12.1 Å². The minimum absolute atomic E-state index is 0. The van der Waals surface area contributed by atoms with Gasteiger partial charge in [-0.1, -0.05) is 42.5 Å². The van der Waals surface area contributed by atoms with Crippen molar-refractivity contribution in [2.75, 3.05) is 13.1 Å². The molecule has 26 heavy (non-hydrogen) atoms. The summed E-state index contributed by atoms with van der Waals surface area (Å²) in [6.45, 7) is 9.38. The highest BCUT2D eigenvalue weighted by molar-refractivity contribution is 14.0. The average molecular weight is 468 g/mol. The molecule has 0 unspecified atom stereocenters. The van der Waals surface area contributed by atoms with Crippen molar-refractivity contribution in [3.63, 3.8) is 0 Å². The summed E-state index contributed by atoms with van der Waals surface area (Å²) in [6, 6.07) is 14.5. The Morgan fingerprint density at radius 2 is 1.73 bits per heavy atom. The molecule has 1 amide bonds. The molecule has 0 atom stereocenters. The molecular formula is C20H29IN4O. The average Bonchev–Trinajstić information content (AvgIpc) is 2.56. The molecule has 0 heterocycles. The quantitative estimate of drug-likeness (QED) is 0.358. The first kappa shape index (κ1) is 22.2. The second-order valence-corrected chi connectivity index (χ2v) is 6.99. The standard InChI is InChI=1S/C20H28N4O.HI/c1-5-21-19(23-14-18(25)24-20(2,3)4)22-13-16-11-8-10-15-9-6-7-12-17(15)16;/h6-12H,5,13-14H2,1-4H3,(H,24,25)(H2,21,22,23);1H. The molecule has 0 spiro atoms. The number of guanidine groups is 1. The predicted octanol–water partition coefficient (Wildman–Crippen LogP) is 3.43. The Labute approximate surface area is 173 Å². The molecule has 0 radical (unpaired) electrons. The first-order valence-corrected chi connectivity index (χ1v) is 8.69. The number of rotatable bonds is 5. The monoisotopic (exact) mass is 468 g/mol. The molecule has 0 aromatic heterocycles. The number of hydrogen-bond acceptors (Lipinski definition) is 2. The number of nitrogens with zero attached hydrogens (tertiary/aromatic N) is 1. The molecule has 3 N–H and O–H groups in total. The first-order chi connectivity index (χ1) is 11.9. The number of hydrogen-bond donors (Lipinski definition) is 3. The summed E-state index contributed by atoms with van der Waals surface area (Å²) in [5.41, 5.74) is 0.923. The van der Waals surface area contributed by atoms with Gasteiger partial charge in [0, 0.05) is 12.1 Å². The summed E-state index contributed by atoms with van der Waals surface area (Å²) in [6.07, 6.45) is 0. The Morgan fingerprint density at radius 3 is 2.42 bits per heavy atom. The maximum atomic E-state index is 12.0. The second-order valence-electron chi connectivity index (χ2n) is 6.99. The number of carbonyl (C=O) groups is 1. The first-order valence-electron chi connectivity index (χ1n) is 8.69. The van der Waals surface area contributed by atoms with Gasteiger partial charge in [-0.15, -0.1) is 24.0 Å². The van der Waals surface area contributed by atoms with Gasteiger partial charge in [0.1, 0.15) is 0 Å². The fourth-order valence-corrected chi connectivity index (χ4v) is 2.56. The molecule has 2 rings (SSSR count). The highest BCUT2D eigenvalue weighted by Gasteiger charge is 2.13. The van der Waals surface area contributed by atoms with E-state index in [9.17, 15) is 4.79 Å². The van der Waals surface area contributed by atoms with Gasteiger partial charge in [-0.2, -0.15) is 0 Å². The van der Waals surface area contributed by atoms with E-state index < -0.39 is 0 Å². The van der Waals surface area contributed by atoms with Gasteiger partial charge in [0.25, 0.3) is 0 Å². The van der Waals surface area contributed by atoms with E-state index in [1.54, 1.807) is 0 Å². The van der Waals surface area contributed by atoms with E-state index in [0.29, 0.717) is 12.5 Å². The predicted molar refractivity (Wildman–Crippen MR) is 120 cm³/mol. The van der Waals surface area contributed by atoms with Gasteiger partial charge in [0.05, 0.1) is 13.1 Å². The van der Waals surface area contributed by atoms with Crippen LogP contribution >= 0.6 is 24.0 Å². The summed E-state index contributed by atoms with van der Waals surface area (Å²) in [4.78, 5) is 16.6. The van der Waals surface area contributed by atoms with Crippen molar-refractivity contribution in [3.05, 3.63) is 48.0 Å². The van der Waals surface area contributed by atoms with Gasteiger partial charge in [0.2, 0.25) is 5.91 Å². The maximum Gasteiger partial charge on any atom is 0.239 e. The number of amides is 1. The number of fused-ring (bicyclic) bond motifs is 1. The van der Waals surface area contributed by atoms with Crippen molar-refractivity contribution in [1.29, 1.82) is 0 Å². The highest BCUT2D eigenvalue weighted by atomic mass is 127. The lowest BCUT2D eigenvalue weighted by Crippen LogP contribution is -2.48. The number of carbonyl (C=O) groups excluding carboxylic acids is 1. The summed E-state index contributed by atoms with van der Waals surface area (Å²) < 4.78 is 0. The molecule has 0 aliphatic rings. The van der Waals surface area contributed by atoms with Crippen LogP contribution in [0.4, 0.5) is 0 Å². The molecule has 5 nitrogen and oxygen atoms in total. The highest BCUT2D eigenvalue weighted by Crippen LogP contribution is 2.19. The molecule has 6 heteroatoms. The van der Waals surface area contributed by atoms with Crippen molar-refractivity contribution in [3.8, 4) is 0 Å². The van der Waals surface area contributed by atoms with Crippen LogP contribution in [0.15, 0.2) is 47.5 Å². The lowest BCUT2D eigenvalue weighted by molar-refractivity contribution is -0.121. The van der Waals surface area contributed by atoms with Crippen LogP contribution in [-0.4, -0.2) is 30.5 Å². The number of benzene rings is 2. The molecule has 142 valence electrons. The van der Waals surface area contributed by atoms with Crippen molar-refractivity contribution in [2.45, 2.75) is 39.8 Å². The van der Waals surface area contributed by atoms with Crippen molar-refractivity contribution in [1.82, 2.24) is 16.0 Å². The van der Waals surface area contributed by atoms with Crippen LogP contribution in [0.2, 0.25) is 0 Å². The normalized spacial score (nSPS) is 11.6. The third-order valence-electron chi connectivity index (χ3n) is 3.56. The van der Waals surface area contributed by atoms with E-state index in [-0.39, 0.29) is 42.0 Å². The van der Waals surface area contributed by atoms with Crippen LogP contribution in [0.5, 0.6) is 0 Å². The summed E-state index contributed by atoms with van der Waals surface area (Å²) in [5, 5.41) is 11.6. The smallest absolute Gasteiger partial charge is 0.239 e. The van der Waals surface area contributed by atoms with Gasteiger partial charge in [0.15, 0.2) is 5.96 Å². The molecule has 0 aliphatic heterocycles. The van der Waals surface area contributed by atoms with Crippen molar-refractivity contribution >= 4 is 46.6 Å². The van der Waals surface area contributed by atoms with E-state index >= 15 is 0 Å². The fraction of sp³-hybridized carbons (Fsp3) is 0.400. The van der Waals surface area contributed by atoms with Crippen LogP contribution in [0.3, 0.4) is 0 Å². The van der Waals surface area contributed by atoms with E-state index in [1.807, 2.05) is 45.9 Å². The van der Waals surface area contributed by atoms with Crippen LogP contribution in [0.25, 0.3) is 10.8 Å². The maximum absolute atomic E-state index is 12.0. The van der Waals surface area contributed by atoms with Crippen LogP contribution in [0, 0.1) is 0 Å². The van der Waals surface area contributed by atoms with Gasteiger partial charge in [-0.05, 0) is 44.0 Å². The molecule has 2 aromatic rings. The Kier molecular flexibility index (Phi) is 8.84. The Balaban J connectivity index is 0.00000338. The number of aliphatic imine (C=N–C) groups is 1. The minimum atomic E-state index is -0.239. The molecular weight excluding hydrogens is 439 g/mol. The summed E-state index contributed by atoms with van der Waals surface area (Å²) in [5.74, 6) is 0.586. The van der Waals surface area contributed by atoms with E-state index in [1.165, 1.54) is 10.8 Å². The van der Waals surface area contributed by atoms with Crippen LogP contribution < -0.4 is 16.0 Å². The Bertz CT molecular complexity index is 748. The number of nitrogens with one attached hydrogen (secondary N) is 3. The van der Waals surface area contributed by atoms with Gasteiger partial charge in [-0.3, -0.25) is 4.79 Å². The zero-order valence-corrected chi connectivity index (χ0v) is 18.3. The topological polar surface area (TPSA) is 65.5 Å². The zero-order chi connectivity index (χ0) is 18.3. The van der Waals surface area contributed by atoms with Crippen molar-refractivity contribution < 1.29 is 4.79 Å². The van der Waals surface area contributed by atoms with E-state index in [2.05, 4.69) is 45.2 Å². The van der Waals surface area contributed by atoms with Crippen LogP contribution in [0.1, 0.15) is 33.3 Å². The van der Waals surface area contributed by atoms with Crippen molar-refractivity contribution in [2.24, 2.45) is 4.99 Å². The third-order valence-corrected chi connectivity index (χ3v) is 3.56.